The highest BCUT2D eigenvalue weighted by atomic mass is 16.2. The van der Waals surface area contributed by atoms with Crippen LogP contribution >= 0.6 is 0 Å². The van der Waals surface area contributed by atoms with E-state index in [1.807, 2.05) is 36.9 Å². The van der Waals surface area contributed by atoms with Crippen LogP contribution in [0.15, 0.2) is 24.3 Å². The summed E-state index contributed by atoms with van der Waals surface area (Å²) < 4.78 is 0. The van der Waals surface area contributed by atoms with Crippen LogP contribution in [0.3, 0.4) is 0 Å². The Bertz CT molecular complexity index is 934. The lowest BCUT2D eigenvalue weighted by Gasteiger charge is -2.33. The molecule has 2 unspecified atom stereocenters. The van der Waals surface area contributed by atoms with Gasteiger partial charge in [0.15, 0.2) is 5.78 Å². The van der Waals surface area contributed by atoms with Gasteiger partial charge in [0.25, 0.3) is 5.91 Å². The lowest BCUT2D eigenvalue weighted by Crippen LogP contribution is -2.48. The summed E-state index contributed by atoms with van der Waals surface area (Å²) in [6.07, 6.45) is 14.0. The van der Waals surface area contributed by atoms with Crippen molar-refractivity contribution >= 4 is 17.6 Å². The fourth-order valence-electron chi connectivity index (χ4n) is 6.77. The van der Waals surface area contributed by atoms with Crippen LogP contribution in [0, 0.1) is 17.8 Å². The fraction of sp³-hybridized carbons (Fsp3) is 0.719. The van der Waals surface area contributed by atoms with Crippen molar-refractivity contribution in [3.63, 3.8) is 0 Å². The number of nitrogens with zero attached hydrogens (tertiary/aromatic N) is 1. The Morgan fingerprint density at radius 2 is 1.63 bits per heavy atom. The number of nitrogens with one attached hydrogen (secondary N) is 2. The molecule has 1 aliphatic heterocycles. The molecule has 2 saturated carbocycles. The van der Waals surface area contributed by atoms with Crippen LogP contribution in [0.25, 0.3) is 0 Å². The van der Waals surface area contributed by atoms with Gasteiger partial charge in [-0.1, -0.05) is 64.5 Å². The molecule has 0 aromatic heterocycles. The molecule has 4 rings (SSSR count). The van der Waals surface area contributed by atoms with E-state index >= 15 is 0 Å². The van der Waals surface area contributed by atoms with Crippen molar-refractivity contribution in [2.45, 2.75) is 103 Å². The first-order valence-electron chi connectivity index (χ1n) is 15.4. The minimum absolute atomic E-state index is 0.100. The van der Waals surface area contributed by atoms with Crippen molar-refractivity contribution in [2.75, 3.05) is 26.2 Å². The highest BCUT2D eigenvalue weighted by molar-refractivity contribution is 5.98. The van der Waals surface area contributed by atoms with Gasteiger partial charge in [0.2, 0.25) is 5.91 Å². The van der Waals surface area contributed by atoms with E-state index in [4.69, 9.17) is 0 Å². The molecule has 1 saturated heterocycles. The van der Waals surface area contributed by atoms with Gasteiger partial charge in [-0.2, -0.15) is 0 Å². The number of piperidine rings is 1. The molecule has 1 heterocycles. The number of amides is 2. The average molecular weight is 524 g/mol. The lowest BCUT2D eigenvalue weighted by molar-refractivity contribution is -0.131. The molecule has 1 aromatic carbocycles. The molecule has 3 fully saturated rings. The van der Waals surface area contributed by atoms with Crippen LogP contribution in [0.4, 0.5) is 0 Å². The predicted octanol–water partition coefficient (Wildman–Crippen LogP) is 5.47. The Balaban J connectivity index is 1.34. The van der Waals surface area contributed by atoms with Gasteiger partial charge in [-0.3, -0.25) is 14.4 Å². The van der Waals surface area contributed by atoms with Crippen molar-refractivity contribution < 1.29 is 14.4 Å². The van der Waals surface area contributed by atoms with Gasteiger partial charge >= 0.3 is 0 Å². The Kier molecular flexibility index (Phi) is 10.8. The molecular weight excluding hydrogens is 474 g/mol. The maximum Gasteiger partial charge on any atom is 0.251 e. The van der Waals surface area contributed by atoms with Crippen molar-refractivity contribution in [2.24, 2.45) is 17.8 Å². The summed E-state index contributed by atoms with van der Waals surface area (Å²) in [4.78, 5) is 41.3. The van der Waals surface area contributed by atoms with Gasteiger partial charge in [0.1, 0.15) is 0 Å². The molecule has 1 aromatic rings. The number of benzene rings is 1. The second-order valence-corrected chi connectivity index (χ2v) is 12.3. The molecule has 38 heavy (non-hydrogen) atoms. The van der Waals surface area contributed by atoms with Crippen LogP contribution < -0.4 is 10.6 Å². The molecule has 2 N–H and O–H groups in total. The van der Waals surface area contributed by atoms with E-state index in [1.165, 1.54) is 38.5 Å². The Hall–Kier alpha value is -2.21. The van der Waals surface area contributed by atoms with Gasteiger partial charge in [0, 0.05) is 30.5 Å². The number of rotatable bonds is 10. The number of carbonyl (C=O) groups excluding carboxylic acids is 3. The topological polar surface area (TPSA) is 78.5 Å². The van der Waals surface area contributed by atoms with Crippen LogP contribution in [-0.4, -0.2) is 54.7 Å². The zero-order valence-electron chi connectivity index (χ0n) is 23.7. The second kappa shape index (κ2) is 14.3. The third kappa shape index (κ3) is 7.91. The number of carbonyl (C=O) groups is 3. The first-order valence-corrected chi connectivity index (χ1v) is 15.4. The standard InChI is InChI=1S/C32H49N3O3/c1-23(2)31(37)30(25-13-7-4-8-14-25)34-32(38)27-16-9-15-26(19-27)28-17-10-18-35(22-28)29(36)21-33-20-24-11-5-3-6-12-24/h9,15-16,19,23-25,28,30,33H,3-8,10-14,17-18,20-22H2,1-2H3,(H,34,38). The predicted molar refractivity (Wildman–Crippen MR) is 152 cm³/mol. The average Bonchev–Trinajstić information content (AvgIpc) is 2.96. The highest BCUT2D eigenvalue weighted by Crippen LogP contribution is 2.30. The van der Waals surface area contributed by atoms with Crippen molar-refractivity contribution in [1.29, 1.82) is 0 Å². The summed E-state index contributed by atoms with van der Waals surface area (Å²) in [5.41, 5.74) is 1.71. The van der Waals surface area contributed by atoms with Crippen molar-refractivity contribution in [3.05, 3.63) is 35.4 Å². The molecule has 2 atom stereocenters. The normalized spacial score (nSPS) is 22.3. The quantitative estimate of drug-likeness (QED) is 0.427. The third-order valence-corrected chi connectivity index (χ3v) is 9.11. The fourth-order valence-corrected chi connectivity index (χ4v) is 6.77. The Morgan fingerprint density at radius 3 is 2.34 bits per heavy atom. The number of likely N-dealkylation sites (tertiary alicyclic amines) is 1. The van der Waals surface area contributed by atoms with E-state index in [2.05, 4.69) is 16.7 Å². The van der Waals surface area contributed by atoms with E-state index in [0.29, 0.717) is 24.6 Å². The van der Waals surface area contributed by atoms with E-state index in [-0.39, 0.29) is 35.4 Å². The zero-order chi connectivity index (χ0) is 26.9. The molecule has 2 aliphatic carbocycles. The molecule has 0 radical (unpaired) electrons. The van der Waals surface area contributed by atoms with E-state index in [1.54, 1.807) is 0 Å². The first kappa shape index (κ1) is 28.8. The van der Waals surface area contributed by atoms with E-state index in [9.17, 15) is 14.4 Å². The van der Waals surface area contributed by atoms with Gasteiger partial charge in [-0.15, -0.1) is 0 Å². The van der Waals surface area contributed by atoms with E-state index < -0.39 is 6.04 Å². The second-order valence-electron chi connectivity index (χ2n) is 12.3. The van der Waals surface area contributed by atoms with Gasteiger partial charge in [-0.05, 0) is 74.6 Å². The van der Waals surface area contributed by atoms with Crippen LogP contribution in [0.5, 0.6) is 0 Å². The van der Waals surface area contributed by atoms with Gasteiger partial charge in [-0.25, -0.2) is 0 Å². The monoisotopic (exact) mass is 523 g/mol. The van der Waals surface area contributed by atoms with Crippen molar-refractivity contribution in [1.82, 2.24) is 15.5 Å². The highest BCUT2D eigenvalue weighted by Gasteiger charge is 2.32. The number of Topliss-reactive ketones (excluding diaryl/α,β-unsaturated/α-hetero) is 1. The van der Waals surface area contributed by atoms with Crippen LogP contribution in [-0.2, 0) is 9.59 Å². The number of hydrogen-bond acceptors (Lipinski definition) is 4. The maximum absolute atomic E-state index is 13.3. The minimum atomic E-state index is -0.407. The molecule has 210 valence electrons. The molecular formula is C32H49N3O3. The molecule has 6 nitrogen and oxygen atoms in total. The molecule has 6 heteroatoms. The first-order chi connectivity index (χ1) is 18.4. The SMILES string of the molecule is CC(C)C(=O)C(NC(=O)c1cccc(C2CCCN(C(=O)CNCC3CCCCC3)C2)c1)C1CCCCC1. The van der Waals surface area contributed by atoms with Gasteiger partial charge in [0.05, 0.1) is 12.6 Å². The summed E-state index contributed by atoms with van der Waals surface area (Å²) in [6, 6.07) is 7.44. The summed E-state index contributed by atoms with van der Waals surface area (Å²) in [7, 11) is 0. The number of ketones is 1. The lowest BCUT2D eigenvalue weighted by atomic mass is 9.80. The molecule has 3 aliphatic rings. The molecule has 2 amide bonds. The van der Waals surface area contributed by atoms with Crippen LogP contribution in [0.2, 0.25) is 0 Å². The van der Waals surface area contributed by atoms with Gasteiger partial charge < -0.3 is 15.5 Å². The summed E-state index contributed by atoms with van der Waals surface area (Å²) in [6.45, 7) is 6.71. The molecule has 0 bridgehead atoms. The van der Waals surface area contributed by atoms with Crippen LogP contribution in [0.1, 0.15) is 113 Å². The Labute approximate surface area is 229 Å². The minimum Gasteiger partial charge on any atom is -0.342 e. The van der Waals surface area contributed by atoms with Crippen molar-refractivity contribution in [3.8, 4) is 0 Å². The summed E-state index contributed by atoms with van der Waals surface area (Å²) in [5.74, 6) is 1.24. The summed E-state index contributed by atoms with van der Waals surface area (Å²) in [5, 5.41) is 6.55. The number of hydrogen-bond donors (Lipinski definition) is 2. The smallest absolute Gasteiger partial charge is 0.251 e. The zero-order valence-corrected chi connectivity index (χ0v) is 23.7. The maximum atomic E-state index is 13.3. The molecule has 0 spiro atoms. The third-order valence-electron chi connectivity index (χ3n) is 9.11. The van der Waals surface area contributed by atoms with E-state index in [0.717, 1.165) is 57.2 Å². The Morgan fingerprint density at radius 1 is 0.921 bits per heavy atom. The largest absolute Gasteiger partial charge is 0.342 e. The summed E-state index contributed by atoms with van der Waals surface area (Å²) >= 11 is 0.